The molecule has 0 aliphatic heterocycles. The largest absolute Gasteiger partial charge is 0.494 e. The number of ether oxygens (including phenoxy) is 1. The second-order valence-electron chi connectivity index (χ2n) is 6.52. The van der Waals surface area contributed by atoms with Crippen LogP contribution in [-0.2, 0) is 14.6 Å². The molecule has 5 nitrogen and oxygen atoms in total. The van der Waals surface area contributed by atoms with E-state index >= 15 is 0 Å². The van der Waals surface area contributed by atoms with E-state index in [1.54, 1.807) is 12.1 Å². The van der Waals surface area contributed by atoms with Gasteiger partial charge in [-0.05, 0) is 54.3 Å². The highest BCUT2D eigenvalue weighted by molar-refractivity contribution is 7.90. The van der Waals surface area contributed by atoms with Gasteiger partial charge in [0.05, 0.1) is 11.5 Å². The van der Waals surface area contributed by atoms with E-state index in [1.165, 1.54) is 17.7 Å². The third kappa shape index (κ3) is 6.19. The highest BCUT2D eigenvalue weighted by Crippen LogP contribution is 2.18. The Kier molecular flexibility index (Phi) is 6.80. The molecule has 0 aliphatic carbocycles. The van der Waals surface area contributed by atoms with Crippen molar-refractivity contribution in [1.82, 2.24) is 0 Å². The Labute approximate surface area is 155 Å². The molecule has 1 amide bonds. The van der Waals surface area contributed by atoms with Gasteiger partial charge in [0.1, 0.15) is 5.75 Å². The molecule has 0 atom stereocenters. The second kappa shape index (κ2) is 8.85. The minimum Gasteiger partial charge on any atom is -0.494 e. The molecule has 0 fully saturated rings. The molecule has 6 heteroatoms. The van der Waals surface area contributed by atoms with Gasteiger partial charge in [-0.3, -0.25) is 4.79 Å². The Morgan fingerprint density at radius 3 is 2.19 bits per heavy atom. The van der Waals surface area contributed by atoms with Crippen molar-refractivity contribution in [1.29, 1.82) is 0 Å². The first-order chi connectivity index (χ1) is 12.3. The summed E-state index contributed by atoms with van der Waals surface area (Å²) in [5, 5.41) is 2.87. The Morgan fingerprint density at radius 2 is 1.65 bits per heavy atom. The van der Waals surface area contributed by atoms with Crippen molar-refractivity contribution in [3.63, 3.8) is 0 Å². The number of carbonyl (C=O) groups is 1. The third-order valence-electron chi connectivity index (χ3n) is 3.93. The summed E-state index contributed by atoms with van der Waals surface area (Å²) in [5.41, 5.74) is 2.02. The fourth-order valence-electron chi connectivity index (χ4n) is 2.38. The standard InChI is InChI=1S/C20H25NO4S/c1-15(2)16-6-8-17(9-7-16)21-20(22)5-4-14-25-18-10-12-19(13-11-18)26(3,23)24/h6-13,15H,4-5,14H2,1-3H3,(H,21,22). The lowest BCUT2D eigenvalue weighted by Crippen LogP contribution is -2.12. The van der Waals surface area contributed by atoms with Crippen LogP contribution < -0.4 is 10.1 Å². The summed E-state index contributed by atoms with van der Waals surface area (Å²) in [7, 11) is -3.20. The zero-order chi connectivity index (χ0) is 19.2. The molecular formula is C20H25NO4S. The maximum atomic E-state index is 12.0. The van der Waals surface area contributed by atoms with Gasteiger partial charge in [0.25, 0.3) is 0 Å². The molecular weight excluding hydrogens is 350 g/mol. The van der Waals surface area contributed by atoms with Crippen LogP contribution in [0.25, 0.3) is 0 Å². The summed E-state index contributed by atoms with van der Waals surface area (Å²) in [4.78, 5) is 12.2. The quantitative estimate of drug-likeness (QED) is 0.708. The summed E-state index contributed by atoms with van der Waals surface area (Å²) in [5.74, 6) is 0.990. The van der Waals surface area contributed by atoms with E-state index in [0.717, 1.165) is 11.9 Å². The smallest absolute Gasteiger partial charge is 0.224 e. The number of hydrogen-bond donors (Lipinski definition) is 1. The lowest BCUT2D eigenvalue weighted by atomic mass is 10.0. The highest BCUT2D eigenvalue weighted by atomic mass is 32.2. The van der Waals surface area contributed by atoms with E-state index in [0.29, 0.717) is 31.1 Å². The Hall–Kier alpha value is -2.34. The van der Waals surface area contributed by atoms with E-state index in [9.17, 15) is 13.2 Å². The SMILES string of the molecule is CC(C)c1ccc(NC(=O)CCCOc2ccc(S(C)(=O)=O)cc2)cc1. The molecule has 2 rings (SSSR count). The van der Waals surface area contributed by atoms with Crippen molar-refractivity contribution in [3.8, 4) is 5.75 Å². The fraction of sp³-hybridized carbons (Fsp3) is 0.350. The number of rotatable bonds is 8. The van der Waals surface area contributed by atoms with Gasteiger partial charge < -0.3 is 10.1 Å². The van der Waals surface area contributed by atoms with Crippen LogP contribution >= 0.6 is 0 Å². The van der Waals surface area contributed by atoms with Gasteiger partial charge in [0.2, 0.25) is 5.91 Å². The van der Waals surface area contributed by atoms with E-state index in [1.807, 2.05) is 24.3 Å². The Morgan fingerprint density at radius 1 is 1.04 bits per heavy atom. The first-order valence-corrected chi connectivity index (χ1v) is 10.5. The normalized spacial score (nSPS) is 11.4. The molecule has 2 aromatic carbocycles. The van der Waals surface area contributed by atoms with Crippen LogP contribution in [-0.4, -0.2) is 27.2 Å². The van der Waals surface area contributed by atoms with Crippen LogP contribution in [0.2, 0.25) is 0 Å². The first kappa shape index (κ1) is 20.0. The molecule has 2 aromatic rings. The maximum Gasteiger partial charge on any atom is 0.224 e. The van der Waals surface area contributed by atoms with Crippen LogP contribution in [0.3, 0.4) is 0 Å². The van der Waals surface area contributed by atoms with Crippen LogP contribution in [0.1, 0.15) is 38.2 Å². The second-order valence-corrected chi connectivity index (χ2v) is 8.54. The molecule has 0 heterocycles. The van der Waals surface area contributed by atoms with Gasteiger partial charge in [-0.15, -0.1) is 0 Å². The van der Waals surface area contributed by atoms with Crippen molar-refractivity contribution >= 4 is 21.4 Å². The fourth-order valence-corrected chi connectivity index (χ4v) is 3.01. The summed E-state index contributed by atoms with van der Waals surface area (Å²) in [6, 6.07) is 14.1. The highest BCUT2D eigenvalue weighted by Gasteiger charge is 2.07. The van der Waals surface area contributed by atoms with Gasteiger partial charge in [-0.1, -0.05) is 26.0 Å². The average Bonchev–Trinajstić information content (AvgIpc) is 2.59. The number of benzene rings is 2. The molecule has 0 spiro atoms. The minimum atomic E-state index is -3.20. The van der Waals surface area contributed by atoms with Crippen LogP contribution in [0.4, 0.5) is 5.69 Å². The molecule has 0 aromatic heterocycles. The Balaban J connectivity index is 1.73. The van der Waals surface area contributed by atoms with Crippen LogP contribution in [0.15, 0.2) is 53.4 Å². The molecule has 0 bridgehead atoms. The molecule has 140 valence electrons. The van der Waals surface area contributed by atoms with Gasteiger partial charge in [0, 0.05) is 18.4 Å². The van der Waals surface area contributed by atoms with Crippen molar-refractivity contribution in [3.05, 3.63) is 54.1 Å². The van der Waals surface area contributed by atoms with Gasteiger partial charge in [-0.2, -0.15) is 0 Å². The van der Waals surface area contributed by atoms with Gasteiger partial charge in [0.15, 0.2) is 9.84 Å². The molecule has 0 unspecified atom stereocenters. The third-order valence-corrected chi connectivity index (χ3v) is 5.06. The summed E-state index contributed by atoms with van der Waals surface area (Å²) >= 11 is 0. The lowest BCUT2D eigenvalue weighted by molar-refractivity contribution is -0.116. The number of amides is 1. The topological polar surface area (TPSA) is 72.5 Å². The van der Waals surface area contributed by atoms with Gasteiger partial charge >= 0.3 is 0 Å². The summed E-state index contributed by atoms with van der Waals surface area (Å²) < 4.78 is 28.3. The molecule has 0 saturated heterocycles. The number of nitrogens with one attached hydrogen (secondary N) is 1. The van der Waals surface area contributed by atoms with E-state index in [4.69, 9.17) is 4.74 Å². The minimum absolute atomic E-state index is 0.0571. The van der Waals surface area contributed by atoms with E-state index in [-0.39, 0.29) is 10.8 Å². The van der Waals surface area contributed by atoms with Crippen molar-refractivity contribution < 1.29 is 17.9 Å². The predicted octanol–water partition coefficient (Wildman–Crippen LogP) is 4.01. The monoisotopic (exact) mass is 375 g/mol. The summed E-state index contributed by atoms with van der Waals surface area (Å²) in [6.45, 7) is 4.64. The predicted molar refractivity (Wildman–Crippen MR) is 103 cm³/mol. The molecule has 26 heavy (non-hydrogen) atoms. The number of hydrogen-bond acceptors (Lipinski definition) is 4. The van der Waals surface area contributed by atoms with Crippen molar-refractivity contribution in [2.24, 2.45) is 0 Å². The summed E-state index contributed by atoms with van der Waals surface area (Å²) in [6.07, 6.45) is 2.09. The molecule has 0 aliphatic rings. The van der Waals surface area contributed by atoms with Crippen LogP contribution in [0.5, 0.6) is 5.75 Å². The van der Waals surface area contributed by atoms with E-state index < -0.39 is 9.84 Å². The van der Waals surface area contributed by atoms with Gasteiger partial charge in [-0.25, -0.2) is 8.42 Å². The lowest BCUT2D eigenvalue weighted by Gasteiger charge is -2.09. The number of carbonyl (C=O) groups excluding carboxylic acids is 1. The van der Waals surface area contributed by atoms with Crippen molar-refractivity contribution in [2.75, 3.05) is 18.2 Å². The average molecular weight is 375 g/mol. The number of anilines is 1. The zero-order valence-electron chi connectivity index (χ0n) is 15.4. The Bertz CT molecular complexity index is 825. The number of sulfone groups is 1. The molecule has 1 N–H and O–H groups in total. The maximum absolute atomic E-state index is 12.0. The van der Waals surface area contributed by atoms with E-state index in [2.05, 4.69) is 19.2 Å². The van der Waals surface area contributed by atoms with Crippen LogP contribution in [0, 0.1) is 0 Å². The molecule has 0 radical (unpaired) electrons. The first-order valence-electron chi connectivity index (χ1n) is 8.58. The van der Waals surface area contributed by atoms with Crippen molar-refractivity contribution in [2.45, 2.75) is 37.5 Å². The molecule has 0 saturated carbocycles. The zero-order valence-corrected chi connectivity index (χ0v) is 16.2.